The molecule has 0 amide bonds. The maximum absolute atomic E-state index is 2.46. The predicted octanol–water partition coefficient (Wildman–Crippen LogP) is 4.64. The Morgan fingerprint density at radius 1 is 0.810 bits per heavy atom. The molecule has 0 radical (unpaired) electrons. The molecule has 2 heteroatoms. The summed E-state index contributed by atoms with van der Waals surface area (Å²) in [5.41, 5.74) is 0. The van der Waals surface area contributed by atoms with Crippen molar-refractivity contribution in [2.24, 2.45) is 0 Å². The van der Waals surface area contributed by atoms with Crippen LogP contribution in [0.1, 0.15) is 52.4 Å². The molecule has 116 valence electrons. The van der Waals surface area contributed by atoms with Gasteiger partial charge in [-0.15, -0.1) is 0 Å². The molecule has 0 unspecified atom stereocenters. The zero-order valence-corrected chi connectivity index (χ0v) is 13.7. The van der Waals surface area contributed by atoms with Crippen molar-refractivity contribution in [3.05, 3.63) is 48.9 Å². The van der Waals surface area contributed by atoms with Crippen LogP contribution in [-0.4, -0.2) is 18.0 Å². The van der Waals surface area contributed by atoms with Crippen molar-refractivity contribution in [2.45, 2.75) is 52.4 Å². The summed E-state index contributed by atoms with van der Waals surface area (Å²) in [7, 11) is 0. The third-order valence-electron chi connectivity index (χ3n) is 3.50. The fourth-order valence-corrected chi connectivity index (χ4v) is 2.22. The molecule has 0 bridgehead atoms. The molecular weight excluding hydrogens is 256 g/mol. The van der Waals surface area contributed by atoms with Gasteiger partial charge < -0.3 is 4.90 Å². The lowest BCUT2D eigenvalue weighted by Gasteiger charge is -2.19. The van der Waals surface area contributed by atoms with Gasteiger partial charge in [-0.3, -0.25) is 0 Å². The second kappa shape index (κ2) is 12.2. The zero-order valence-electron chi connectivity index (χ0n) is 13.7. The fraction of sp³-hybridized carbons (Fsp3) is 0.526. The van der Waals surface area contributed by atoms with Crippen LogP contribution in [0.5, 0.6) is 0 Å². The van der Waals surface area contributed by atoms with Crippen LogP contribution in [0.25, 0.3) is 6.20 Å². The van der Waals surface area contributed by atoms with Crippen LogP contribution in [0.3, 0.4) is 0 Å². The Kier molecular flexibility index (Phi) is 10.1. The number of hydrogen-bond donors (Lipinski definition) is 0. The van der Waals surface area contributed by atoms with Crippen LogP contribution in [0.2, 0.25) is 0 Å². The van der Waals surface area contributed by atoms with Gasteiger partial charge in [0.15, 0.2) is 18.6 Å². The van der Waals surface area contributed by atoms with Gasteiger partial charge in [-0.1, -0.05) is 45.6 Å². The third-order valence-corrected chi connectivity index (χ3v) is 3.50. The van der Waals surface area contributed by atoms with Crippen molar-refractivity contribution < 1.29 is 4.57 Å². The average Bonchev–Trinajstić information content (AvgIpc) is 2.52. The lowest BCUT2D eigenvalue weighted by Crippen LogP contribution is -2.23. The van der Waals surface area contributed by atoms with Gasteiger partial charge >= 0.3 is 0 Å². The Morgan fingerprint density at radius 2 is 1.43 bits per heavy atom. The van der Waals surface area contributed by atoms with Gasteiger partial charge in [0.05, 0.1) is 0 Å². The number of allylic oxidation sites excluding steroid dienone is 2. The number of rotatable bonds is 11. The van der Waals surface area contributed by atoms with Crippen LogP contribution >= 0.6 is 0 Å². The summed E-state index contributed by atoms with van der Waals surface area (Å²) in [6, 6.07) is 6.11. The molecule has 0 aromatic carbocycles. The van der Waals surface area contributed by atoms with Gasteiger partial charge in [0, 0.05) is 31.3 Å². The molecule has 0 spiro atoms. The molecule has 0 aliphatic rings. The maximum atomic E-state index is 2.46. The second-order valence-corrected chi connectivity index (χ2v) is 5.46. The van der Waals surface area contributed by atoms with Gasteiger partial charge in [-0.05, 0) is 25.1 Å². The van der Waals surface area contributed by atoms with E-state index in [1.54, 1.807) is 0 Å². The molecule has 1 heterocycles. The third kappa shape index (κ3) is 9.06. The largest absolute Gasteiger partial charge is 0.377 e. The molecule has 0 aliphatic carbocycles. The Hall–Kier alpha value is -1.57. The standard InChI is InChI=1S/C19H31N2/c1-3-5-8-14-20(15-9-6-4-2)18-12-13-19-21-16-10-7-11-17-21/h7,10-13,16-19H,3-6,8-9,14-15H2,1-2H3/q+1. The summed E-state index contributed by atoms with van der Waals surface area (Å²) < 4.78 is 2.06. The summed E-state index contributed by atoms with van der Waals surface area (Å²) in [5, 5.41) is 0. The molecule has 1 rings (SSSR count). The predicted molar refractivity (Wildman–Crippen MR) is 91.7 cm³/mol. The van der Waals surface area contributed by atoms with Gasteiger partial charge in [-0.25, -0.2) is 0 Å². The molecule has 0 fully saturated rings. The fourth-order valence-electron chi connectivity index (χ4n) is 2.22. The molecule has 0 N–H and O–H groups in total. The van der Waals surface area contributed by atoms with E-state index in [1.807, 2.05) is 30.6 Å². The first-order chi connectivity index (χ1) is 10.4. The zero-order chi connectivity index (χ0) is 15.2. The summed E-state index contributed by atoms with van der Waals surface area (Å²) >= 11 is 0. The van der Waals surface area contributed by atoms with Crippen LogP contribution < -0.4 is 4.57 Å². The molecule has 1 aromatic heterocycles. The van der Waals surface area contributed by atoms with Crippen molar-refractivity contribution in [1.82, 2.24) is 4.90 Å². The lowest BCUT2D eigenvalue weighted by atomic mass is 10.2. The second-order valence-electron chi connectivity index (χ2n) is 5.46. The lowest BCUT2D eigenvalue weighted by molar-refractivity contribution is -0.568. The Bertz CT molecular complexity index is 385. The first-order valence-corrected chi connectivity index (χ1v) is 8.41. The smallest absolute Gasteiger partial charge is 0.174 e. The van der Waals surface area contributed by atoms with Crippen molar-refractivity contribution in [3.8, 4) is 0 Å². The minimum Gasteiger partial charge on any atom is -0.377 e. The molecule has 21 heavy (non-hydrogen) atoms. The van der Waals surface area contributed by atoms with E-state index in [2.05, 4.69) is 47.9 Å². The molecule has 0 aliphatic heterocycles. The monoisotopic (exact) mass is 287 g/mol. The van der Waals surface area contributed by atoms with Crippen molar-refractivity contribution in [2.75, 3.05) is 13.1 Å². The summed E-state index contributed by atoms with van der Waals surface area (Å²) in [5.74, 6) is 0. The van der Waals surface area contributed by atoms with Crippen molar-refractivity contribution in [3.63, 3.8) is 0 Å². The Morgan fingerprint density at radius 3 is 2.00 bits per heavy atom. The first-order valence-electron chi connectivity index (χ1n) is 8.41. The summed E-state index contributed by atoms with van der Waals surface area (Å²) in [6.45, 7) is 6.88. The Labute approximate surface area is 130 Å². The number of aromatic nitrogens is 1. The molecule has 0 saturated heterocycles. The highest BCUT2D eigenvalue weighted by atomic mass is 15.1. The topological polar surface area (TPSA) is 7.12 Å². The average molecular weight is 287 g/mol. The highest BCUT2D eigenvalue weighted by molar-refractivity contribution is 5.16. The van der Waals surface area contributed by atoms with Gasteiger partial charge in [0.2, 0.25) is 0 Å². The molecule has 0 atom stereocenters. The molecule has 1 aromatic rings. The molecular formula is C19H31N2+. The van der Waals surface area contributed by atoms with Gasteiger partial charge in [0.25, 0.3) is 0 Å². The quantitative estimate of drug-likeness (QED) is 0.327. The highest BCUT2D eigenvalue weighted by Crippen LogP contribution is 2.03. The minimum absolute atomic E-state index is 1.18. The summed E-state index contributed by atoms with van der Waals surface area (Å²) in [4.78, 5) is 2.46. The number of unbranched alkanes of at least 4 members (excludes halogenated alkanes) is 4. The minimum atomic E-state index is 1.18. The van der Waals surface area contributed by atoms with Crippen LogP contribution in [0.15, 0.2) is 48.9 Å². The van der Waals surface area contributed by atoms with E-state index >= 15 is 0 Å². The highest BCUT2D eigenvalue weighted by Gasteiger charge is 1.98. The van der Waals surface area contributed by atoms with E-state index in [9.17, 15) is 0 Å². The maximum Gasteiger partial charge on any atom is 0.174 e. The Balaban J connectivity index is 2.41. The van der Waals surface area contributed by atoms with Gasteiger partial charge in [0.1, 0.15) is 0 Å². The van der Waals surface area contributed by atoms with Crippen molar-refractivity contribution >= 4 is 6.20 Å². The van der Waals surface area contributed by atoms with E-state index in [0.717, 1.165) is 0 Å². The van der Waals surface area contributed by atoms with Crippen LogP contribution in [0.4, 0.5) is 0 Å². The number of pyridine rings is 1. The van der Waals surface area contributed by atoms with Crippen LogP contribution in [0, 0.1) is 0 Å². The van der Waals surface area contributed by atoms with Crippen LogP contribution in [-0.2, 0) is 0 Å². The van der Waals surface area contributed by atoms with Gasteiger partial charge in [-0.2, -0.15) is 4.57 Å². The van der Waals surface area contributed by atoms with E-state index in [-0.39, 0.29) is 0 Å². The van der Waals surface area contributed by atoms with E-state index in [4.69, 9.17) is 0 Å². The van der Waals surface area contributed by atoms with E-state index < -0.39 is 0 Å². The summed E-state index contributed by atoms with van der Waals surface area (Å²) in [6.07, 6.45) is 20.5. The first kappa shape index (κ1) is 17.5. The van der Waals surface area contributed by atoms with Crippen molar-refractivity contribution in [1.29, 1.82) is 0 Å². The number of hydrogen-bond acceptors (Lipinski definition) is 1. The molecule has 0 saturated carbocycles. The van der Waals surface area contributed by atoms with E-state index in [1.165, 1.54) is 51.6 Å². The molecule has 2 nitrogen and oxygen atoms in total. The van der Waals surface area contributed by atoms with E-state index in [0.29, 0.717) is 0 Å². The SMILES string of the molecule is CCCCCN(C=CC=C[n+]1ccccc1)CCCCC. The normalized spacial score (nSPS) is 11.5. The number of nitrogens with zero attached hydrogens (tertiary/aromatic N) is 2.